The van der Waals surface area contributed by atoms with E-state index in [0.29, 0.717) is 0 Å². The lowest BCUT2D eigenvalue weighted by Crippen LogP contribution is -1.98. The third-order valence-electron chi connectivity index (χ3n) is 1.59. The third kappa shape index (κ3) is 2.97. The average Bonchev–Trinajstić information content (AvgIpc) is 2.69. The monoisotopic (exact) mass is 227 g/mol. The molecule has 0 radical (unpaired) electrons. The van der Waals surface area contributed by atoms with Crippen LogP contribution in [0.2, 0.25) is 0 Å². The van der Waals surface area contributed by atoms with Gasteiger partial charge in [0.05, 0.1) is 12.1 Å². The molecule has 74 valence electrons. The van der Waals surface area contributed by atoms with Crippen LogP contribution >= 0.6 is 23.7 Å². The standard InChI is InChI=1S/C9H9N3S.ClH/c1-2-4-11-9(3-1)12-6-8-5-10-7-13-8;/h1-5,7H,6H2,(H,11,12);1H. The summed E-state index contributed by atoms with van der Waals surface area (Å²) in [6, 6.07) is 5.81. The third-order valence-corrected chi connectivity index (χ3v) is 2.37. The summed E-state index contributed by atoms with van der Waals surface area (Å²) in [6.45, 7) is 0.793. The van der Waals surface area contributed by atoms with Gasteiger partial charge in [-0.2, -0.15) is 0 Å². The zero-order valence-electron chi connectivity index (χ0n) is 7.38. The molecule has 2 aromatic heterocycles. The molecular formula is C9H10ClN3S. The van der Waals surface area contributed by atoms with Crippen LogP contribution in [0, 0.1) is 0 Å². The molecule has 0 aliphatic carbocycles. The number of thiazole rings is 1. The van der Waals surface area contributed by atoms with Crippen LogP contribution in [0.1, 0.15) is 4.88 Å². The van der Waals surface area contributed by atoms with Gasteiger partial charge in [-0.25, -0.2) is 4.98 Å². The highest BCUT2D eigenvalue weighted by atomic mass is 35.5. The summed E-state index contributed by atoms with van der Waals surface area (Å²) in [5, 5.41) is 3.21. The number of hydrogen-bond acceptors (Lipinski definition) is 4. The summed E-state index contributed by atoms with van der Waals surface area (Å²) >= 11 is 1.64. The van der Waals surface area contributed by atoms with Crippen LogP contribution in [-0.2, 0) is 6.54 Å². The van der Waals surface area contributed by atoms with Crippen LogP contribution < -0.4 is 5.32 Å². The van der Waals surface area contributed by atoms with Gasteiger partial charge >= 0.3 is 0 Å². The molecule has 2 rings (SSSR count). The number of halogens is 1. The minimum atomic E-state index is 0. The van der Waals surface area contributed by atoms with Gasteiger partial charge in [-0.05, 0) is 12.1 Å². The molecule has 0 aliphatic heterocycles. The van der Waals surface area contributed by atoms with Crippen molar-refractivity contribution in [2.24, 2.45) is 0 Å². The van der Waals surface area contributed by atoms with Crippen molar-refractivity contribution in [1.29, 1.82) is 0 Å². The average molecular weight is 228 g/mol. The van der Waals surface area contributed by atoms with E-state index in [1.807, 2.05) is 29.9 Å². The van der Waals surface area contributed by atoms with E-state index in [1.165, 1.54) is 4.88 Å². The Balaban J connectivity index is 0.000000980. The fraction of sp³-hybridized carbons (Fsp3) is 0.111. The molecule has 14 heavy (non-hydrogen) atoms. The topological polar surface area (TPSA) is 37.8 Å². The number of anilines is 1. The lowest BCUT2D eigenvalue weighted by Gasteiger charge is -2.01. The molecule has 0 aliphatic rings. The Bertz CT molecular complexity index is 349. The van der Waals surface area contributed by atoms with E-state index in [2.05, 4.69) is 15.3 Å². The van der Waals surface area contributed by atoms with Crippen molar-refractivity contribution in [3.05, 3.63) is 41.0 Å². The Morgan fingerprint density at radius 3 is 2.93 bits per heavy atom. The molecule has 0 atom stereocenters. The predicted octanol–water partition coefficient (Wildman–Crippen LogP) is 2.57. The van der Waals surface area contributed by atoms with E-state index in [-0.39, 0.29) is 12.4 Å². The molecule has 0 bridgehead atoms. The highest BCUT2D eigenvalue weighted by Crippen LogP contribution is 2.08. The van der Waals surface area contributed by atoms with Gasteiger partial charge < -0.3 is 5.32 Å². The van der Waals surface area contributed by atoms with Crippen LogP contribution in [0.5, 0.6) is 0 Å². The lowest BCUT2D eigenvalue weighted by molar-refractivity contribution is 1.13. The number of nitrogens with one attached hydrogen (secondary N) is 1. The van der Waals surface area contributed by atoms with E-state index >= 15 is 0 Å². The largest absolute Gasteiger partial charge is 0.365 e. The molecule has 0 fully saturated rings. The van der Waals surface area contributed by atoms with E-state index in [9.17, 15) is 0 Å². The van der Waals surface area contributed by atoms with Gasteiger partial charge in [-0.3, -0.25) is 4.98 Å². The zero-order chi connectivity index (χ0) is 8.93. The summed E-state index contributed by atoms with van der Waals surface area (Å²) in [4.78, 5) is 9.36. The molecule has 5 heteroatoms. The fourth-order valence-electron chi connectivity index (χ4n) is 0.974. The van der Waals surface area contributed by atoms with Crippen LogP contribution in [0.4, 0.5) is 5.82 Å². The summed E-state index contributed by atoms with van der Waals surface area (Å²) in [5.41, 5.74) is 1.83. The highest BCUT2D eigenvalue weighted by Gasteiger charge is 1.94. The molecule has 0 saturated carbocycles. The molecule has 2 aromatic rings. The van der Waals surface area contributed by atoms with E-state index in [0.717, 1.165) is 12.4 Å². The first kappa shape index (κ1) is 10.9. The number of hydrogen-bond donors (Lipinski definition) is 1. The van der Waals surface area contributed by atoms with Crippen molar-refractivity contribution in [3.63, 3.8) is 0 Å². The summed E-state index contributed by atoms with van der Waals surface area (Å²) in [5.74, 6) is 0.899. The zero-order valence-corrected chi connectivity index (χ0v) is 9.02. The van der Waals surface area contributed by atoms with Gasteiger partial charge in [0.2, 0.25) is 0 Å². The second kappa shape index (κ2) is 5.57. The van der Waals surface area contributed by atoms with E-state index in [4.69, 9.17) is 0 Å². The fourth-order valence-corrected chi connectivity index (χ4v) is 1.51. The predicted molar refractivity (Wildman–Crippen MR) is 60.9 cm³/mol. The van der Waals surface area contributed by atoms with Crippen molar-refractivity contribution in [2.45, 2.75) is 6.54 Å². The molecule has 0 unspecified atom stereocenters. The molecule has 0 saturated heterocycles. The molecule has 0 amide bonds. The minimum Gasteiger partial charge on any atom is -0.365 e. The number of rotatable bonds is 3. The van der Waals surface area contributed by atoms with Crippen molar-refractivity contribution in [1.82, 2.24) is 9.97 Å². The second-order valence-electron chi connectivity index (χ2n) is 2.54. The van der Waals surface area contributed by atoms with E-state index in [1.54, 1.807) is 17.5 Å². The molecule has 0 aromatic carbocycles. The smallest absolute Gasteiger partial charge is 0.126 e. The van der Waals surface area contributed by atoms with Crippen molar-refractivity contribution in [2.75, 3.05) is 5.32 Å². The first-order valence-corrected chi connectivity index (χ1v) is 4.85. The molecule has 3 nitrogen and oxygen atoms in total. The maximum atomic E-state index is 4.15. The molecular weight excluding hydrogens is 218 g/mol. The molecule has 0 spiro atoms. The maximum absolute atomic E-state index is 4.15. The van der Waals surface area contributed by atoms with Crippen molar-refractivity contribution < 1.29 is 0 Å². The summed E-state index contributed by atoms with van der Waals surface area (Å²) in [7, 11) is 0. The normalized spacial score (nSPS) is 9.14. The summed E-state index contributed by atoms with van der Waals surface area (Å²) < 4.78 is 0. The molecule has 2 heterocycles. The highest BCUT2D eigenvalue weighted by molar-refractivity contribution is 7.09. The SMILES string of the molecule is Cl.c1ccc(NCc2cncs2)nc1. The number of pyridine rings is 1. The number of nitrogens with zero attached hydrogens (tertiary/aromatic N) is 2. The Labute approximate surface area is 92.6 Å². The van der Waals surface area contributed by atoms with Gasteiger partial charge in [0, 0.05) is 17.3 Å². The first-order valence-electron chi connectivity index (χ1n) is 3.97. The Hall–Kier alpha value is -1.13. The van der Waals surface area contributed by atoms with E-state index < -0.39 is 0 Å². The first-order chi connectivity index (χ1) is 6.45. The maximum Gasteiger partial charge on any atom is 0.126 e. The van der Waals surface area contributed by atoms with Gasteiger partial charge in [0.15, 0.2) is 0 Å². The van der Waals surface area contributed by atoms with Crippen LogP contribution in [0.3, 0.4) is 0 Å². The van der Waals surface area contributed by atoms with Gasteiger partial charge in [-0.1, -0.05) is 6.07 Å². The number of aromatic nitrogens is 2. The minimum absolute atomic E-state index is 0. The van der Waals surface area contributed by atoms with Crippen molar-refractivity contribution in [3.8, 4) is 0 Å². The Morgan fingerprint density at radius 1 is 1.36 bits per heavy atom. The quantitative estimate of drug-likeness (QED) is 0.876. The second-order valence-corrected chi connectivity index (χ2v) is 3.51. The van der Waals surface area contributed by atoms with Gasteiger partial charge in [0.1, 0.15) is 5.82 Å². The van der Waals surface area contributed by atoms with Crippen LogP contribution in [-0.4, -0.2) is 9.97 Å². The Kier molecular flexibility index (Phi) is 4.35. The summed E-state index contributed by atoms with van der Waals surface area (Å²) in [6.07, 6.45) is 3.63. The van der Waals surface area contributed by atoms with Gasteiger partial charge in [-0.15, -0.1) is 23.7 Å². The van der Waals surface area contributed by atoms with Crippen LogP contribution in [0.15, 0.2) is 36.1 Å². The van der Waals surface area contributed by atoms with Crippen LogP contribution in [0.25, 0.3) is 0 Å². The van der Waals surface area contributed by atoms with Crippen molar-refractivity contribution >= 4 is 29.6 Å². The van der Waals surface area contributed by atoms with Gasteiger partial charge in [0.25, 0.3) is 0 Å². The molecule has 1 N–H and O–H groups in total. The lowest BCUT2D eigenvalue weighted by atomic mass is 10.4. The Morgan fingerprint density at radius 2 is 2.29 bits per heavy atom.